The summed E-state index contributed by atoms with van der Waals surface area (Å²) in [5, 5.41) is 4.80. The fraction of sp³-hybridized carbons (Fsp3) is 0.400. The van der Waals surface area contributed by atoms with E-state index in [-0.39, 0.29) is 0 Å². The van der Waals surface area contributed by atoms with Crippen LogP contribution in [0.25, 0.3) is 10.9 Å². The highest BCUT2D eigenvalue weighted by atomic mass is 15.2. The van der Waals surface area contributed by atoms with Gasteiger partial charge in [0.2, 0.25) is 0 Å². The van der Waals surface area contributed by atoms with Crippen LogP contribution >= 0.6 is 0 Å². The van der Waals surface area contributed by atoms with Crippen molar-refractivity contribution in [2.45, 2.75) is 12.5 Å². The lowest BCUT2D eigenvalue weighted by atomic mass is 10.0. The smallest absolute Gasteiger partial charge is 0.0722 e. The molecule has 18 heavy (non-hydrogen) atoms. The van der Waals surface area contributed by atoms with Gasteiger partial charge in [0.25, 0.3) is 0 Å². The summed E-state index contributed by atoms with van der Waals surface area (Å²) < 4.78 is 0. The summed E-state index contributed by atoms with van der Waals surface area (Å²) in [6.45, 7) is 3.50. The lowest BCUT2D eigenvalue weighted by molar-refractivity contribution is 0.579. The molecule has 3 heteroatoms. The fourth-order valence-corrected chi connectivity index (χ4v) is 3.48. The summed E-state index contributed by atoms with van der Waals surface area (Å²) in [6, 6.07) is 11.3. The Morgan fingerprint density at radius 3 is 3.11 bits per heavy atom. The molecule has 1 aromatic carbocycles. The molecular weight excluding hydrogens is 222 g/mol. The Morgan fingerprint density at radius 2 is 2.11 bits per heavy atom. The quantitative estimate of drug-likeness (QED) is 0.825. The van der Waals surface area contributed by atoms with Crippen LogP contribution in [-0.2, 0) is 0 Å². The van der Waals surface area contributed by atoms with Crippen LogP contribution in [0.15, 0.2) is 36.5 Å². The van der Waals surface area contributed by atoms with Crippen molar-refractivity contribution < 1.29 is 0 Å². The van der Waals surface area contributed by atoms with Gasteiger partial charge in [0.05, 0.1) is 5.52 Å². The van der Waals surface area contributed by atoms with Gasteiger partial charge in [0, 0.05) is 42.9 Å². The van der Waals surface area contributed by atoms with E-state index in [1.165, 1.54) is 30.6 Å². The Labute approximate surface area is 107 Å². The van der Waals surface area contributed by atoms with Gasteiger partial charge in [-0.1, -0.05) is 18.2 Å². The van der Waals surface area contributed by atoms with Gasteiger partial charge < -0.3 is 10.2 Å². The Hall–Kier alpha value is -1.61. The van der Waals surface area contributed by atoms with E-state index in [4.69, 9.17) is 0 Å². The summed E-state index contributed by atoms with van der Waals surface area (Å²) in [4.78, 5) is 7.03. The molecule has 0 unspecified atom stereocenters. The number of hydrogen-bond donors (Lipinski definition) is 1. The van der Waals surface area contributed by atoms with Gasteiger partial charge in [-0.3, -0.25) is 4.98 Å². The van der Waals surface area contributed by atoms with Gasteiger partial charge in [-0.25, -0.2) is 0 Å². The van der Waals surface area contributed by atoms with Crippen molar-refractivity contribution in [3.05, 3.63) is 36.5 Å². The maximum atomic E-state index is 4.46. The highest BCUT2D eigenvalue weighted by Gasteiger charge is 2.37. The maximum absolute atomic E-state index is 4.46. The van der Waals surface area contributed by atoms with Crippen molar-refractivity contribution in [1.82, 2.24) is 10.3 Å². The van der Waals surface area contributed by atoms with Crippen molar-refractivity contribution in [2.75, 3.05) is 24.5 Å². The highest BCUT2D eigenvalue weighted by molar-refractivity contribution is 5.91. The first-order valence-corrected chi connectivity index (χ1v) is 6.74. The standard InChI is InChI=1S/C15H17N3/c1-2-4-13-12(3-1)14(5-7-17-13)18-8-6-11-9-16-10-15(11)18/h1-5,7,11,15-16H,6,8-10H2/t11-,15+/m0/s1. The average molecular weight is 239 g/mol. The van der Waals surface area contributed by atoms with Crippen LogP contribution < -0.4 is 10.2 Å². The van der Waals surface area contributed by atoms with E-state index in [1.54, 1.807) is 0 Å². The number of anilines is 1. The van der Waals surface area contributed by atoms with E-state index in [1.807, 2.05) is 6.20 Å². The largest absolute Gasteiger partial charge is 0.366 e. The number of fused-ring (bicyclic) bond motifs is 2. The first-order chi connectivity index (χ1) is 8.93. The van der Waals surface area contributed by atoms with E-state index in [9.17, 15) is 0 Å². The third-order valence-corrected chi connectivity index (χ3v) is 4.38. The Bertz CT molecular complexity index is 575. The van der Waals surface area contributed by atoms with E-state index in [2.05, 4.69) is 45.5 Å². The summed E-state index contributed by atoms with van der Waals surface area (Å²) in [5.41, 5.74) is 2.46. The number of aromatic nitrogens is 1. The molecule has 0 saturated carbocycles. The molecule has 1 aromatic heterocycles. The summed E-state index contributed by atoms with van der Waals surface area (Å²) in [6.07, 6.45) is 3.25. The molecule has 3 heterocycles. The van der Waals surface area contributed by atoms with Gasteiger partial charge in [0.1, 0.15) is 0 Å². The predicted octanol–water partition coefficient (Wildman–Crippen LogP) is 2.03. The average Bonchev–Trinajstić information content (AvgIpc) is 3.01. The van der Waals surface area contributed by atoms with Crippen molar-refractivity contribution in [1.29, 1.82) is 0 Å². The number of hydrogen-bond acceptors (Lipinski definition) is 3. The van der Waals surface area contributed by atoms with Crippen molar-refractivity contribution in [3.8, 4) is 0 Å². The molecular formula is C15H17N3. The van der Waals surface area contributed by atoms with Gasteiger partial charge in [0.15, 0.2) is 0 Å². The van der Waals surface area contributed by atoms with Crippen LogP contribution in [0.2, 0.25) is 0 Å². The lowest BCUT2D eigenvalue weighted by Crippen LogP contribution is -2.34. The fourth-order valence-electron chi connectivity index (χ4n) is 3.48. The summed E-state index contributed by atoms with van der Waals surface area (Å²) in [5.74, 6) is 0.830. The molecule has 2 atom stereocenters. The number of para-hydroxylation sites is 1. The second kappa shape index (κ2) is 3.95. The molecule has 0 spiro atoms. The molecule has 2 fully saturated rings. The monoisotopic (exact) mass is 239 g/mol. The molecule has 3 nitrogen and oxygen atoms in total. The zero-order chi connectivity index (χ0) is 11.9. The van der Waals surface area contributed by atoms with Crippen LogP contribution in [0, 0.1) is 5.92 Å². The molecule has 2 saturated heterocycles. The van der Waals surface area contributed by atoms with Crippen LogP contribution in [0.5, 0.6) is 0 Å². The van der Waals surface area contributed by atoms with Crippen molar-refractivity contribution >= 4 is 16.6 Å². The molecule has 1 N–H and O–H groups in total. The minimum atomic E-state index is 0.677. The second-order valence-corrected chi connectivity index (χ2v) is 5.31. The highest BCUT2D eigenvalue weighted by Crippen LogP contribution is 2.35. The molecule has 0 bridgehead atoms. The molecule has 2 aliphatic heterocycles. The third kappa shape index (κ3) is 1.44. The van der Waals surface area contributed by atoms with E-state index in [0.29, 0.717) is 6.04 Å². The first kappa shape index (κ1) is 10.3. The number of benzene rings is 1. The number of nitrogens with one attached hydrogen (secondary N) is 1. The first-order valence-electron chi connectivity index (χ1n) is 6.74. The molecule has 92 valence electrons. The van der Waals surface area contributed by atoms with Gasteiger partial charge in [-0.2, -0.15) is 0 Å². The zero-order valence-electron chi connectivity index (χ0n) is 10.3. The molecule has 0 radical (unpaired) electrons. The molecule has 0 aliphatic carbocycles. The maximum Gasteiger partial charge on any atom is 0.0722 e. The lowest BCUT2D eigenvalue weighted by Gasteiger charge is -2.26. The Kier molecular flexibility index (Phi) is 2.27. The van der Waals surface area contributed by atoms with E-state index < -0.39 is 0 Å². The van der Waals surface area contributed by atoms with Crippen LogP contribution in [0.1, 0.15) is 6.42 Å². The Balaban J connectivity index is 1.83. The van der Waals surface area contributed by atoms with Crippen LogP contribution in [0.3, 0.4) is 0 Å². The van der Waals surface area contributed by atoms with Gasteiger partial charge in [-0.15, -0.1) is 0 Å². The predicted molar refractivity (Wildman–Crippen MR) is 73.9 cm³/mol. The normalized spacial score (nSPS) is 26.8. The number of pyridine rings is 1. The molecule has 2 aliphatic rings. The van der Waals surface area contributed by atoms with E-state index >= 15 is 0 Å². The number of rotatable bonds is 1. The van der Waals surface area contributed by atoms with Crippen LogP contribution in [-0.4, -0.2) is 30.7 Å². The summed E-state index contributed by atoms with van der Waals surface area (Å²) >= 11 is 0. The number of nitrogens with zero attached hydrogens (tertiary/aromatic N) is 2. The van der Waals surface area contributed by atoms with Crippen molar-refractivity contribution in [2.24, 2.45) is 5.92 Å². The zero-order valence-corrected chi connectivity index (χ0v) is 10.3. The molecule has 0 amide bonds. The SMILES string of the molecule is c1ccc2c(N3CC[C@H]4CNC[C@H]43)ccnc2c1. The minimum Gasteiger partial charge on any atom is -0.366 e. The topological polar surface area (TPSA) is 28.2 Å². The van der Waals surface area contributed by atoms with Crippen LogP contribution in [0.4, 0.5) is 5.69 Å². The van der Waals surface area contributed by atoms with Crippen molar-refractivity contribution in [3.63, 3.8) is 0 Å². The van der Waals surface area contributed by atoms with Gasteiger partial charge >= 0.3 is 0 Å². The van der Waals surface area contributed by atoms with E-state index in [0.717, 1.165) is 18.0 Å². The Morgan fingerprint density at radius 1 is 1.17 bits per heavy atom. The molecule has 2 aromatic rings. The third-order valence-electron chi connectivity index (χ3n) is 4.38. The summed E-state index contributed by atoms with van der Waals surface area (Å²) in [7, 11) is 0. The minimum absolute atomic E-state index is 0.677. The molecule has 4 rings (SSSR count). The van der Waals surface area contributed by atoms with Gasteiger partial charge in [-0.05, 0) is 24.5 Å². The second-order valence-electron chi connectivity index (χ2n) is 5.31.